The van der Waals surface area contributed by atoms with Crippen molar-refractivity contribution in [3.63, 3.8) is 0 Å². The van der Waals surface area contributed by atoms with Crippen molar-refractivity contribution in [3.05, 3.63) is 76.1 Å². The zero-order valence-corrected chi connectivity index (χ0v) is 12.3. The molecular weight excluding hydrogens is 310 g/mol. The molecule has 3 rings (SSSR count). The lowest BCUT2D eigenvalue weighted by Gasteiger charge is -2.00. The first-order valence-electron chi connectivity index (χ1n) is 6.92. The van der Waals surface area contributed by atoms with Gasteiger partial charge in [-0.3, -0.25) is 24.9 Å². The predicted molar refractivity (Wildman–Crippen MR) is 87.7 cm³/mol. The van der Waals surface area contributed by atoms with E-state index in [0.29, 0.717) is 5.52 Å². The number of nitrogens with one attached hydrogen (secondary N) is 1. The number of nitro benzene ring substituents is 1. The standard InChI is InChI=1S/C16H11N5O3/c22-16(12-2-1-3-13(9-12)21(23)24)20-19-10-11-4-5-14-15(8-11)18-7-6-17-14/h1-10H,(H,20,22)/b19-10-. The summed E-state index contributed by atoms with van der Waals surface area (Å²) < 4.78 is 0. The van der Waals surface area contributed by atoms with Crippen molar-refractivity contribution in [2.75, 3.05) is 0 Å². The van der Waals surface area contributed by atoms with Gasteiger partial charge in [-0.1, -0.05) is 12.1 Å². The summed E-state index contributed by atoms with van der Waals surface area (Å²) in [6, 6.07) is 10.8. The topological polar surface area (TPSA) is 110 Å². The number of benzene rings is 2. The molecule has 1 amide bonds. The molecule has 118 valence electrons. The highest BCUT2D eigenvalue weighted by atomic mass is 16.6. The Morgan fingerprint density at radius 2 is 1.92 bits per heavy atom. The summed E-state index contributed by atoms with van der Waals surface area (Å²) in [5.74, 6) is -0.532. The van der Waals surface area contributed by atoms with Gasteiger partial charge in [-0.25, -0.2) is 5.43 Å². The summed E-state index contributed by atoms with van der Waals surface area (Å²) in [7, 11) is 0. The zero-order chi connectivity index (χ0) is 16.9. The molecule has 0 aliphatic rings. The Labute approximate surface area is 136 Å². The van der Waals surface area contributed by atoms with Crippen LogP contribution in [0, 0.1) is 10.1 Å². The SMILES string of the molecule is O=C(N/N=C\c1ccc2nccnc2c1)c1cccc([N+](=O)[O-])c1. The Bertz CT molecular complexity index is 955. The van der Waals surface area contributed by atoms with E-state index >= 15 is 0 Å². The van der Waals surface area contributed by atoms with Crippen LogP contribution in [0.5, 0.6) is 0 Å². The number of nitro groups is 1. The van der Waals surface area contributed by atoms with Crippen LogP contribution in [-0.2, 0) is 0 Å². The van der Waals surface area contributed by atoms with Crippen molar-refractivity contribution in [1.29, 1.82) is 0 Å². The number of nitrogens with zero attached hydrogens (tertiary/aromatic N) is 4. The maximum atomic E-state index is 12.0. The van der Waals surface area contributed by atoms with Crippen LogP contribution in [0.4, 0.5) is 5.69 Å². The Balaban J connectivity index is 1.71. The highest BCUT2D eigenvalue weighted by Gasteiger charge is 2.10. The van der Waals surface area contributed by atoms with Gasteiger partial charge in [0.05, 0.1) is 22.2 Å². The lowest BCUT2D eigenvalue weighted by atomic mass is 10.2. The first-order chi connectivity index (χ1) is 11.6. The number of fused-ring (bicyclic) bond motifs is 1. The van der Waals surface area contributed by atoms with Crippen molar-refractivity contribution in [3.8, 4) is 0 Å². The molecule has 0 saturated carbocycles. The monoisotopic (exact) mass is 321 g/mol. The van der Waals surface area contributed by atoms with E-state index in [9.17, 15) is 14.9 Å². The molecule has 3 aromatic rings. The Morgan fingerprint density at radius 3 is 2.71 bits per heavy atom. The molecule has 0 aliphatic carbocycles. The minimum absolute atomic E-state index is 0.153. The molecule has 1 N–H and O–H groups in total. The number of amides is 1. The Morgan fingerprint density at radius 1 is 1.12 bits per heavy atom. The Hall–Kier alpha value is -3.68. The third-order valence-corrected chi connectivity index (χ3v) is 3.19. The van der Waals surface area contributed by atoms with E-state index < -0.39 is 10.8 Å². The number of hydrogen-bond donors (Lipinski definition) is 1. The molecular formula is C16H11N5O3. The quantitative estimate of drug-likeness (QED) is 0.450. The molecule has 0 atom stereocenters. The van der Waals surface area contributed by atoms with E-state index in [1.165, 1.54) is 30.5 Å². The second-order valence-corrected chi connectivity index (χ2v) is 4.81. The molecule has 8 nitrogen and oxygen atoms in total. The molecule has 0 aliphatic heterocycles. The van der Waals surface area contributed by atoms with Crippen LogP contribution in [0.3, 0.4) is 0 Å². The fourth-order valence-corrected chi connectivity index (χ4v) is 2.05. The van der Waals surface area contributed by atoms with E-state index in [4.69, 9.17) is 0 Å². The second kappa shape index (κ2) is 6.61. The van der Waals surface area contributed by atoms with Gasteiger partial charge in [0.25, 0.3) is 11.6 Å². The predicted octanol–water partition coefficient (Wildman–Crippen LogP) is 2.30. The van der Waals surface area contributed by atoms with Gasteiger partial charge in [-0.15, -0.1) is 0 Å². The largest absolute Gasteiger partial charge is 0.271 e. The molecule has 1 heterocycles. The van der Waals surface area contributed by atoms with Gasteiger partial charge < -0.3 is 0 Å². The van der Waals surface area contributed by atoms with Gasteiger partial charge in [0, 0.05) is 30.1 Å². The zero-order valence-electron chi connectivity index (χ0n) is 12.3. The number of aromatic nitrogens is 2. The van der Waals surface area contributed by atoms with Crippen LogP contribution < -0.4 is 5.43 Å². The fourth-order valence-electron chi connectivity index (χ4n) is 2.05. The number of carbonyl (C=O) groups excluding carboxylic acids is 1. The average molecular weight is 321 g/mol. The smallest absolute Gasteiger partial charge is 0.267 e. The molecule has 0 radical (unpaired) electrons. The number of hydrogen-bond acceptors (Lipinski definition) is 6. The average Bonchev–Trinajstić information content (AvgIpc) is 2.61. The summed E-state index contributed by atoms with van der Waals surface area (Å²) in [4.78, 5) is 30.5. The summed E-state index contributed by atoms with van der Waals surface area (Å²) >= 11 is 0. The van der Waals surface area contributed by atoms with Gasteiger partial charge in [0.15, 0.2) is 0 Å². The molecule has 1 aromatic heterocycles. The van der Waals surface area contributed by atoms with Gasteiger partial charge in [0.1, 0.15) is 0 Å². The molecule has 0 unspecified atom stereocenters. The van der Waals surface area contributed by atoms with E-state index in [1.807, 2.05) is 0 Å². The number of non-ortho nitro benzene ring substituents is 1. The third-order valence-electron chi connectivity index (χ3n) is 3.19. The molecule has 0 spiro atoms. The maximum Gasteiger partial charge on any atom is 0.271 e. The van der Waals surface area contributed by atoms with Gasteiger partial charge in [0.2, 0.25) is 0 Å². The molecule has 0 fully saturated rings. The highest BCUT2D eigenvalue weighted by molar-refractivity contribution is 5.95. The van der Waals surface area contributed by atoms with Gasteiger partial charge >= 0.3 is 0 Å². The van der Waals surface area contributed by atoms with Crippen LogP contribution in [0.15, 0.2) is 60.0 Å². The lowest BCUT2D eigenvalue weighted by molar-refractivity contribution is -0.384. The van der Waals surface area contributed by atoms with E-state index in [0.717, 1.165) is 11.1 Å². The molecule has 8 heteroatoms. The summed E-state index contributed by atoms with van der Waals surface area (Å²) in [5, 5.41) is 14.6. The molecule has 0 bridgehead atoms. The molecule has 2 aromatic carbocycles. The molecule has 24 heavy (non-hydrogen) atoms. The van der Waals surface area contributed by atoms with Crippen molar-refractivity contribution in [1.82, 2.24) is 15.4 Å². The molecule has 0 saturated heterocycles. The number of rotatable bonds is 4. The van der Waals surface area contributed by atoms with Gasteiger partial charge in [-0.05, 0) is 23.8 Å². The fraction of sp³-hybridized carbons (Fsp3) is 0. The van der Waals surface area contributed by atoms with E-state index in [2.05, 4.69) is 20.5 Å². The van der Waals surface area contributed by atoms with Crippen LogP contribution in [-0.4, -0.2) is 27.0 Å². The first-order valence-corrected chi connectivity index (χ1v) is 6.92. The van der Waals surface area contributed by atoms with Crippen LogP contribution in [0.1, 0.15) is 15.9 Å². The summed E-state index contributed by atoms with van der Waals surface area (Å²) in [5.41, 5.74) is 4.55. The minimum Gasteiger partial charge on any atom is -0.267 e. The lowest BCUT2D eigenvalue weighted by Crippen LogP contribution is -2.17. The van der Waals surface area contributed by atoms with Gasteiger partial charge in [-0.2, -0.15) is 5.10 Å². The van der Waals surface area contributed by atoms with Crippen LogP contribution in [0.2, 0.25) is 0 Å². The first kappa shape index (κ1) is 15.2. The van der Waals surface area contributed by atoms with Crippen LogP contribution >= 0.6 is 0 Å². The van der Waals surface area contributed by atoms with Crippen LogP contribution in [0.25, 0.3) is 11.0 Å². The van der Waals surface area contributed by atoms with Crippen molar-refractivity contribution in [2.24, 2.45) is 5.10 Å². The summed E-state index contributed by atoms with van der Waals surface area (Å²) in [6.45, 7) is 0. The maximum absolute atomic E-state index is 12.0. The van der Waals surface area contributed by atoms with Crippen molar-refractivity contribution in [2.45, 2.75) is 0 Å². The minimum atomic E-state index is -0.559. The highest BCUT2D eigenvalue weighted by Crippen LogP contribution is 2.13. The number of hydrazone groups is 1. The van der Waals surface area contributed by atoms with Crippen molar-refractivity contribution < 1.29 is 9.72 Å². The summed E-state index contributed by atoms with van der Waals surface area (Å²) in [6.07, 6.45) is 4.66. The third kappa shape index (κ3) is 3.38. The second-order valence-electron chi connectivity index (χ2n) is 4.81. The van der Waals surface area contributed by atoms with E-state index in [1.54, 1.807) is 30.6 Å². The van der Waals surface area contributed by atoms with E-state index in [-0.39, 0.29) is 11.3 Å². The number of carbonyl (C=O) groups is 1. The Kier molecular flexibility index (Phi) is 4.19. The normalized spacial score (nSPS) is 10.8. The van der Waals surface area contributed by atoms with Crippen molar-refractivity contribution >= 4 is 28.8 Å².